The van der Waals surface area contributed by atoms with E-state index in [-0.39, 0.29) is 17.4 Å². The van der Waals surface area contributed by atoms with Crippen molar-refractivity contribution >= 4 is 11.6 Å². The number of primary amides is 1. The Morgan fingerprint density at radius 3 is 2.39 bits per heavy atom. The Hall–Kier alpha value is -2.31. The first-order valence-corrected chi connectivity index (χ1v) is 11.7. The lowest BCUT2D eigenvalue weighted by Crippen LogP contribution is -2.47. The van der Waals surface area contributed by atoms with E-state index in [9.17, 15) is 18.0 Å². The number of benzene rings is 1. The summed E-state index contributed by atoms with van der Waals surface area (Å²) in [6.07, 6.45) is 0.131. The topological polar surface area (TPSA) is 82.6 Å². The normalized spacial score (nSPS) is 23.2. The zero-order valence-electron chi connectivity index (χ0n) is 19.1. The number of rotatable bonds is 8. The maximum atomic E-state index is 13.2. The van der Waals surface area contributed by atoms with Gasteiger partial charge in [0, 0.05) is 38.5 Å². The monoisotopic (exact) mass is 466 g/mol. The smallest absolute Gasteiger partial charge is 0.369 e. The van der Waals surface area contributed by atoms with E-state index < -0.39 is 17.8 Å². The number of piperazine rings is 1. The van der Waals surface area contributed by atoms with Crippen LogP contribution in [0.5, 0.6) is 0 Å². The molecule has 1 amide bonds. The first-order chi connectivity index (χ1) is 15.7. The van der Waals surface area contributed by atoms with E-state index in [1.807, 2.05) is 17.9 Å². The third-order valence-corrected chi connectivity index (χ3v) is 6.91. The van der Waals surface area contributed by atoms with Gasteiger partial charge in [-0.3, -0.25) is 9.69 Å². The minimum Gasteiger partial charge on any atom is -0.369 e. The zero-order chi connectivity index (χ0) is 24.0. The molecule has 1 atom stereocenters. The molecule has 33 heavy (non-hydrogen) atoms. The molecule has 1 aromatic carbocycles. The van der Waals surface area contributed by atoms with Crippen LogP contribution in [-0.2, 0) is 15.7 Å². The largest absolute Gasteiger partial charge is 0.416 e. The van der Waals surface area contributed by atoms with Crippen molar-refractivity contribution in [2.24, 2.45) is 17.6 Å². The molecule has 2 aliphatic rings. The molecule has 1 unspecified atom stereocenters. The molecule has 182 valence electrons. The molecule has 1 aromatic rings. The van der Waals surface area contributed by atoms with E-state index in [1.54, 1.807) is 0 Å². The number of carbonyl (C=O) groups excluding carboxylic acids is 1. The molecular weight excluding hydrogens is 433 g/mol. The lowest BCUT2D eigenvalue weighted by atomic mass is 9.78. The highest BCUT2D eigenvalue weighted by molar-refractivity contribution is 5.79. The molecule has 6 nitrogen and oxygen atoms in total. The van der Waals surface area contributed by atoms with Crippen LogP contribution >= 0.6 is 0 Å². The molecule has 1 saturated heterocycles. The van der Waals surface area contributed by atoms with Gasteiger partial charge in [0.05, 0.1) is 17.2 Å². The van der Waals surface area contributed by atoms with Gasteiger partial charge < -0.3 is 15.4 Å². The molecule has 0 aromatic heterocycles. The van der Waals surface area contributed by atoms with Crippen molar-refractivity contribution in [3.8, 4) is 6.07 Å². The summed E-state index contributed by atoms with van der Waals surface area (Å²) in [6.45, 7) is 6.14. The van der Waals surface area contributed by atoms with Gasteiger partial charge in [-0.1, -0.05) is 12.8 Å². The van der Waals surface area contributed by atoms with E-state index in [2.05, 4.69) is 4.90 Å². The highest BCUT2D eigenvalue weighted by Crippen LogP contribution is 2.35. The molecule has 0 spiro atoms. The van der Waals surface area contributed by atoms with Crippen LogP contribution < -0.4 is 10.6 Å². The number of nitrogens with zero attached hydrogens (tertiary/aromatic N) is 3. The molecule has 3 rings (SSSR count). The summed E-state index contributed by atoms with van der Waals surface area (Å²) in [5.41, 5.74) is 5.20. The van der Waals surface area contributed by atoms with Gasteiger partial charge in [-0.05, 0) is 62.8 Å². The van der Waals surface area contributed by atoms with Gasteiger partial charge >= 0.3 is 6.18 Å². The SMILES string of the molecule is CCOC(C(N)=O)C1CCC(CCN2CCN(c3cc(C#N)cc(C(F)(F)F)c3)CC2)CC1. The number of anilines is 1. The van der Waals surface area contributed by atoms with E-state index in [1.165, 1.54) is 6.07 Å². The lowest BCUT2D eigenvalue weighted by molar-refractivity contribution is -0.137. The lowest BCUT2D eigenvalue weighted by Gasteiger charge is -2.38. The summed E-state index contributed by atoms with van der Waals surface area (Å²) in [4.78, 5) is 15.9. The number of amides is 1. The first kappa shape index (κ1) is 25.3. The van der Waals surface area contributed by atoms with Crippen molar-refractivity contribution < 1.29 is 22.7 Å². The Morgan fingerprint density at radius 2 is 1.85 bits per heavy atom. The number of nitriles is 1. The molecule has 9 heteroatoms. The molecule has 2 N–H and O–H groups in total. The predicted molar refractivity (Wildman–Crippen MR) is 119 cm³/mol. The van der Waals surface area contributed by atoms with E-state index in [4.69, 9.17) is 15.7 Å². The van der Waals surface area contributed by atoms with Crippen LogP contribution in [0.1, 0.15) is 50.2 Å². The number of carbonyl (C=O) groups is 1. The number of hydrogen-bond donors (Lipinski definition) is 1. The number of halogens is 3. The second-order valence-electron chi connectivity index (χ2n) is 9.05. The summed E-state index contributed by atoms with van der Waals surface area (Å²) < 4.78 is 45.1. The van der Waals surface area contributed by atoms with Gasteiger partial charge in [-0.2, -0.15) is 18.4 Å². The molecule has 1 aliphatic carbocycles. The molecule has 0 bridgehead atoms. The summed E-state index contributed by atoms with van der Waals surface area (Å²) in [6, 6.07) is 5.40. The fraction of sp³-hybridized carbons (Fsp3) is 0.667. The highest BCUT2D eigenvalue weighted by atomic mass is 19.4. The Balaban J connectivity index is 1.46. The van der Waals surface area contributed by atoms with Gasteiger partial charge in [0.1, 0.15) is 6.10 Å². The van der Waals surface area contributed by atoms with E-state index >= 15 is 0 Å². The molecule has 1 heterocycles. The van der Waals surface area contributed by atoms with Crippen LogP contribution in [0.15, 0.2) is 18.2 Å². The summed E-state index contributed by atoms with van der Waals surface area (Å²) in [5, 5.41) is 9.11. The van der Waals surface area contributed by atoms with Crippen molar-refractivity contribution in [1.82, 2.24) is 4.90 Å². The maximum Gasteiger partial charge on any atom is 0.416 e. The Kier molecular flexibility index (Phi) is 8.60. The number of alkyl halides is 3. The van der Waals surface area contributed by atoms with Crippen LogP contribution in [0.4, 0.5) is 18.9 Å². The van der Waals surface area contributed by atoms with Crippen molar-refractivity contribution in [2.75, 3.05) is 44.2 Å². The summed E-state index contributed by atoms with van der Waals surface area (Å²) in [7, 11) is 0. The standard InChI is InChI=1S/C24H33F3N4O2/c1-2-33-22(23(29)32)19-5-3-17(4-6-19)7-8-30-9-11-31(12-10-30)21-14-18(16-28)13-20(15-21)24(25,26)27/h13-15,17,19,22H,2-12H2,1H3,(H2,29,32). The molecule has 1 saturated carbocycles. The van der Waals surface area contributed by atoms with Gasteiger partial charge in [0.25, 0.3) is 0 Å². The number of nitrogens with two attached hydrogens (primary N) is 1. The quantitative estimate of drug-likeness (QED) is 0.631. The Bertz CT molecular complexity index is 839. The molecule has 2 fully saturated rings. The van der Waals surface area contributed by atoms with Crippen LogP contribution in [0.25, 0.3) is 0 Å². The predicted octanol–water partition coefficient (Wildman–Crippen LogP) is 3.79. The van der Waals surface area contributed by atoms with Crippen LogP contribution in [-0.4, -0.2) is 56.2 Å². The maximum absolute atomic E-state index is 13.2. The van der Waals surface area contributed by atoms with Gasteiger partial charge in [-0.25, -0.2) is 0 Å². The summed E-state index contributed by atoms with van der Waals surface area (Å²) in [5.74, 6) is 0.435. The average molecular weight is 467 g/mol. The Morgan fingerprint density at radius 1 is 1.18 bits per heavy atom. The minimum absolute atomic E-state index is 0.0285. The van der Waals surface area contributed by atoms with Crippen molar-refractivity contribution in [2.45, 2.75) is 51.3 Å². The fourth-order valence-electron chi connectivity index (χ4n) is 5.03. The fourth-order valence-corrected chi connectivity index (χ4v) is 5.03. The Labute approximate surface area is 193 Å². The van der Waals surface area contributed by atoms with Gasteiger partial charge in [-0.15, -0.1) is 0 Å². The van der Waals surface area contributed by atoms with Crippen molar-refractivity contribution in [3.63, 3.8) is 0 Å². The van der Waals surface area contributed by atoms with E-state index in [0.29, 0.717) is 31.3 Å². The van der Waals surface area contributed by atoms with Gasteiger partial charge in [0.15, 0.2) is 0 Å². The first-order valence-electron chi connectivity index (χ1n) is 11.7. The summed E-state index contributed by atoms with van der Waals surface area (Å²) >= 11 is 0. The number of ether oxygens (including phenoxy) is 1. The van der Waals surface area contributed by atoms with E-state index in [0.717, 1.165) is 63.9 Å². The zero-order valence-corrected chi connectivity index (χ0v) is 19.1. The third kappa shape index (κ3) is 6.84. The van der Waals surface area contributed by atoms with Crippen LogP contribution in [0, 0.1) is 23.2 Å². The average Bonchev–Trinajstić information content (AvgIpc) is 2.81. The van der Waals surface area contributed by atoms with Crippen molar-refractivity contribution in [3.05, 3.63) is 29.3 Å². The van der Waals surface area contributed by atoms with Gasteiger partial charge in [0.2, 0.25) is 5.91 Å². The highest BCUT2D eigenvalue weighted by Gasteiger charge is 2.33. The van der Waals surface area contributed by atoms with Crippen LogP contribution in [0.3, 0.4) is 0 Å². The van der Waals surface area contributed by atoms with Crippen LogP contribution in [0.2, 0.25) is 0 Å². The van der Waals surface area contributed by atoms with Crippen molar-refractivity contribution in [1.29, 1.82) is 5.26 Å². The number of hydrogen-bond acceptors (Lipinski definition) is 5. The second kappa shape index (κ2) is 11.2. The molecule has 1 aliphatic heterocycles. The second-order valence-corrected chi connectivity index (χ2v) is 9.05. The molecule has 0 radical (unpaired) electrons. The third-order valence-electron chi connectivity index (χ3n) is 6.91. The molecular formula is C24H33F3N4O2. The minimum atomic E-state index is -4.47.